The number of hydrogen-bond donors (Lipinski definition) is 5. The fourth-order valence-electron chi connectivity index (χ4n) is 2.85. The zero-order chi connectivity index (χ0) is 18.1. The molecule has 1 aliphatic rings. The molecule has 3 heterocycles. The highest BCUT2D eigenvalue weighted by Crippen LogP contribution is 2.32. The maximum atomic E-state index is 12.0. The number of aliphatic hydroxyl groups is 3. The lowest BCUT2D eigenvalue weighted by Crippen LogP contribution is -2.33. The molecule has 0 aliphatic carbocycles. The van der Waals surface area contributed by atoms with Crippen LogP contribution in [0.25, 0.3) is 11.2 Å². The van der Waals surface area contributed by atoms with E-state index in [2.05, 4.69) is 20.3 Å². The lowest BCUT2D eigenvalue weighted by atomic mass is 10.1. The van der Waals surface area contributed by atoms with Gasteiger partial charge in [-0.1, -0.05) is 0 Å². The molecule has 1 saturated heterocycles. The maximum absolute atomic E-state index is 12.0. The summed E-state index contributed by atoms with van der Waals surface area (Å²) in [6, 6.07) is 0. The number of aromatic nitrogens is 4. The van der Waals surface area contributed by atoms with Crippen LogP contribution in [0.1, 0.15) is 19.0 Å². The van der Waals surface area contributed by atoms with Gasteiger partial charge in [0.05, 0.1) is 19.4 Å². The number of rotatable bonds is 5. The number of H-pyrrole nitrogens is 1. The first-order chi connectivity index (χ1) is 12.0. The third-order valence-electron chi connectivity index (χ3n) is 4.02. The number of aromatic amines is 1. The van der Waals surface area contributed by atoms with E-state index in [1.165, 1.54) is 10.9 Å². The molecule has 0 unspecified atom stereocenters. The van der Waals surface area contributed by atoms with Crippen LogP contribution in [0.15, 0.2) is 11.1 Å². The number of nitrogens with one attached hydrogen (secondary N) is 2. The molecule has 5 N–H and O–H groups in total. The zero-order valence-corrected chi connectivity index (χ0v) is 13.4. The molecule has 0 aromatic carbocycles. The summed E-state index contributed by atoms with van der Waals surface area (Å²) in [5.41, 5.74) is -0.412. The molecular formula is C14H19N5O6. The van der Waals surface area contributed by atoms with Gasteiger partial charge in [0.25, 0.3) is 5.56 Å². The number of amides is 1. The van der Waals surface area contributed by atoms with E-state index in [1.807, 2.05) is 0 Å². The molecule has 0 spiro atoms. The first-order valence-electron chi connectivity index (χ1n) is 7.81. The third-order valence-corrected chi connectivity index (χ3v) is 4.02. The Kier molecular flexibility index (Phi) is 4.81. The summed E-state index contributed by atoms with van der Waals surface area (Å²) < 4.78 is 6.81. The van der Waals surface area contributed by atoms with Gasteiger partial charge in [0.1, 0.15) is 24.1 Å². The summed E-state index contributed by atoms with van der Waals surface area (Å²) in [5.74, 6) is -0.179. The Bertz CT molecular complexity index is 833. The highest BCUT2D eigenvalue weighted by Gasteiger charge is 2.45. The number of carbonyl (C=O) groups is 1. The van der Waals surface area contributed by atoms with Crippen molar-refractivity contribution in [3.63, 3.8) is 0 Å². The van der Waals surface area contributed by atoms with Crippen LogP contribution >= 0.6 is 0 Å². The highest BCUT2D eigenvalue weighted by molar-refractivity contribution is 5.79. The Balaban J connectivity index is 2.10. The van der Waals surface area contributed by atoms with E-state index in [9.17, 15) is 24.9 Å². The normalized spacial score (nSPS) is 26.2. The van der Waals surface area contributed by atoms with Crippen molar-refractivity contribution in [1.82, 2.24) is 24.8 Å². The minimum absolute atomic E-state index is 0.0143. The van der Waals surface area contributed by atoms with Crippen LogP contribution in [0, 0.1) is 0 Å². The molecule has 3 rings (SSSR count). The molecule has 4 atom stereocenters. The van der Waals surface area contributed by atoms with Gasteiger partial charge in [0.2, 0.25) is 5.91 Å². The minimum Gasteiger partial charge on any atom is -0.394 e. The summed E-state index contributed by atoms with van der Waals surface area (Å²) in [4.78, 5) is 34.5. The summed E-state index contributed by atoms with van der Waals surface area (Å²) in [6.45, 7) is 1.69. The summed E-state index contributed by atoms with van der Waals surface area (Å²) >= 11 is 0. The average Bonchev–Trinajstić information content (AvgIpc) is 3.07. The predicted molar refractivity (Wildman–Crippen MR) is 83.5 cm³/mol. The molecule has 11 heteroatoms. The van der Waals surface area contributed by atoms with Crippen molar-refractivity contribution in [2.24, 2.45) is 0 Å². The van der Waals surface area contributed by atoms with Crippen LogP contribution in [0.5, 0.6) is 0 Å². The van der Waals surface area contributed by atoms with Crippen molar-refractivity contribution in [2.45, 2.75) is 37.9 Å². The van der Waals surface area contributed by atoms with Crippen LogP contribution < -0.4 is 10.9 Å². The largest absolute Gasteiger partial charge is 0.394 e. The van der Waals surface area contributed by atoms with Gasteiger partial charge in [-0.05, 0) is 6.92 Å². The quantitative estimate of drug-likeness (QED) is 0.391. The molecule has 1 fully saturated rings. The Morgan fingerprint density at radius 3 is 2.84 bits per heavy atom. The zero-order valence-electron chi connectivity index (χ0n) is 13.4. The molecule has 2 aromatic heterocycles. The first-order valence-corrected chi connectivity index (χ1v) is 7.81. The Morgan fingerprint density at radius 1 is 1.44 bits per heavy atom. The van der Waals surface area contributed by atoms with Crippen LogP contribution in [-0.2, 0) is 16.0 Å². The number of ether oxygens (including phenoxy) is 1. The number of likely N-dealkylation sites (N-methyl/N-ethyl adjacent to an activating group) is 1. The summed E-state index contributed by atoms with van der Waals surface area (Å²) in [6.07, 6.45) is -3.86. The molecule has 0 radical (unpaired) electrons. The summed E-state index contributed by atoms with van der Waals surface area (Å²) in [7, 11) is 0. The molecular weight excluding hydrogens is 334 g/mol. The van der Waals surface area contributed by atoms with Crippen molar-refractivity contribution in [1.29, 1.82) is 0 Å². The SMILES string of the molecule is CCNC(=O)Cc1nc2c(=O)[nH]cnc2n1[C@H]1O[C@@H](CO)[C@H](O)[C@@H]1O. The number of fused-ring (bicyclic) bond motifs is 1. The van der Waals surface area contributed by atoms with Crippen LogP contribution in [0.2, 0.25) is 0 Å². The van der Waals surface area contributed by atoms with Crippen molar-refractivity contribution < 1.29 is 24.9 Å². The second kappa shape index (κ2) is 6.88. The highest BCUT2D eigenvalue weighted by atomic mass is 16.6. The Morgan fingerprint density at radius 2 is 2.20 bits per heavy atom. The molecule has 1 aliphatic heterocycles. The topological polar surface area (TPSA) is 163 Å². The smallest absolute Gasteiger partial charge is 0.278 e. The number of nitrogens with zero attached hydrogens (tertiary/aromatic N) is 3. The molecule has 2 aromatic rings. The summed E-state index contributed by atoms with van der Waals surface area (Å²) in [5, 5.41) is 32.1. The fourth-order valence-corrected chi connectivity index (χ4v) is 2.85. The van der Waals surface area contributed by atoms with Gasteiger partial charge in [-0.25, -0.2) is 9.97 Å². The van der Waals surface area contributed by atoms with Crippen LogP contribution in [-0.4, -0.2) is 72.2 Å². The van der Waals surface area contributed by atoms with Gasteiger partial charge in [0, 0.05) is 6.54 Å². The lowest BCUT2D eigenvalue weighted by molar-refractivity contribution is -0.120. The number of aliphatic hydroxyl groups excluding tert-OH is 3. The molecule has 1 amide bonds. The maximum Gasteiger partial charge on any atom is 0.278 e. The van der Waals surface area contributed by atoms with E-state index in [0.717, 1.165) is 0 Å². The van der Waals surface area contributed by atoms with Gasteiger partial charge < -0.3 is 30.4 Å². The molecule has 0 bridgehead atoms. The van der Waals surface area contributed by atoms with Crippen molar-refractivity contribution in [3.8, 4) is 0 Å². The van der Waals surface area contributed by atoms with E-state index in [1.54, 1.807) is 6.92 Å². The van der Waals surface area contributed by atoms with E-state index in [-0.39, 0.29) is 29.3 Å². The van der Waals surface area contributed by atoms with Crippen molar-refractivity contribution in [3.05, 3.63) is 22.5 Å². The van der Waals surface area contributed by atoms with Crippen molar-refractivity contribution in [2.75, 3.05) is 13.2 Å². The van der Waals surface area contributed by atoms with Gasteiger partial charge >= 0.3 is 0 Å². The van der Waals surface area contributed by atoms with E-state index < -0.39 is 36.7 Å². The van der Waals surface area contributed by atoms with Crippen molar-refractivity contribution >= 4 is 17.1 Å². The lowest BCUT2D eigenvalue weighted by Gasteiger charge is -2.19. The minimum atomic E-state index is -1.39. The second-order valence-corrected chi connectivity index (χ2v) is 5.66. The predicted octanol–water partition coefficient (Wildman–Crippen LogP) is -2.59. The molecule has 25 heavy (non-hydrogen) atoms. The number of imidazole rings is 1. The Hall–Kier alpha value is -2.34. The van der Waals surface area contributed by atoms with Gasteiger partial charge in [-0.3, -0.25) is 14.2 Å². The van der Waals surface area contributed by atoms with Gasteiger partial charge in [0.15, 0.2) is 17.4 Å². The second-order valence-electron chi connectivity index (χ2n) is 5.66. The molecule has 136 valence electrons. The van der Waals surface area contributed by atoms with Crippen LogP contribution in [0.4, 0.5) is 0 Å². The standard InChI is InChI=1S/C14H19N5O6/c1-2-15-8(21)3-7-18-9-12(16-5-17-13(9)24)19(7)14-11(23)10(22)6(4-20)25-14/h5-6,10-11,14,20,22-23H,2-4H2,1H3,(H,15,21)(H,16,17,24)/t6-,10-,11-,14-/m0/s1. The molecule has 11 nitrogen and oxygen atoms in total. The van der Waals surface area contributed by atoms with E-state index >= 15 is 0 Å². The first kappa shape index (κ1) is 17.5. The van der Waals surface area contributed by atoms with Gasteiger partial charge in [-0.2, -0.15) is 0 Å². The Labute approximate surface area is 141 Å². The molecule has 0 saturated carbocycles. The fraction of sp³-hybridized carbons (Fsp3) is 0.571. The van der Waals surface area contributed by atoms with Gasteiger partial charge in [-0.15, -0.1) is 0 Å². The average molecular weight is 353 g/mol. The van der Waals surface area contributed by atoms with E-state index in [0.29, 0.717) is 6.54 Å². The number of hydrogen-bond acceptors (Lipinski definition) is 8. The monoisotopic (exact) mass is 353 g/mol. The van der Waals surface area contributed by atoms with E-state index in [4.69, 9.17) is 4.74 Å². The van der Waals surface area contributed by atoms with Crippen LogP contribution in [0.3, 0.4) is 0 Å². The third kappa shape index (κ3) is 3.02. The number of carbonyl (C=O) groups excluding carboxylic acids is 1.